The fourth-order valence-electron chi connectivity index (χ4n) is 3.94. The van der Waals surface area contributed by atoms with Gasteiger partial charge in [0.05, 0.1) is 5.52 Å². The van der Waals surface area contributed by atoms with E-state index in [1.807, 2.05) is 67.5 Å². The van der Waals surface area contributed by atoms with Gasteiger partial charge in [0.1, 0.15) is 5.75 Å². The Morgan fingerprint density at radius 2 is 1.80 bits per heavy atom. The normalized spacial score (nSPS) is 11.0. The third kappa shape index (κ3) is 5.51. The van der Waals surface area contributed by atoms with Crippen LogP contribution in [0.4, 0.5) is 17.3 Å². The summed E-state index contributed by atoms with van der Waals surface area (Å²) in [5.74, 6) is 0.479. The molecule has 1 aromatic heterocycles. The molecule has 0 atom stereocenters. The summed E-state index contributed by atoms with van der Waals surface area (Å²) >= 11 is 0. The molecular weight excluding hydrogens is 438 g/mol. The molecule has 0 radical (unpaired) electrons. The molecule has 0 aliphatic carbocycles. The molecule has 1 amide bonds. The van der Waals surface area contributed by atoms with Gasteiger partial charge in [-0.15, -0.1) is 0 Å². The first kappa shape index (κ1) is 24.0. The van der Waals surface area contributed by atoms with Crippen molar-refractivity contribution in [1.82, 2.24) is 9.97 Å². The zero-order valence-corrected chi connectivity index (χ0v) is 20.5. The zero-order valence-electron chi connectivity index (χ0n) is 20.5. The number of hydrogen-bond donors (Lipinski definition) is 3. The predicted octanol–water partition coefficient (Wildman–Crippen LogP) is 5.92. The number of aromatic hydroxyl groups is 1. The van der Waals surface area contributed by atoms with Gasteiger partial charge < -0.3 is 20.6 Å². The van der Waals surface area contributed by atoms with Crippen LogP contribution in [0.3, 0.4) is 0 Å². The van der Waals surface area contributed by atoms with Crippen LogP contribution >= 0.6 is 0 Å². The summed E-state index contributed by atoms with van der Waals surface area (Å²) in [6, 6.07) is 18.7. The molecule has 0 fully saturated rings. The van der Waals surface area contributed by atoms with Crippen LogP contribution in [0.5, 0.6) is 5.75 Å². The average molecular weight is 470 g/mol. The van der Waals surface area contributed by atoms with Gasteiger partial charge in [-0.25, -0.2) is 9.97 Å². The molecule has 0 spiro atoms. The summed E-state index contributed by atoms with van der Waals surface area (Å²) in [4.78, 5) is 23.8. The van der Waals surface area contributed by atoms with Crippen LogP contribution in [0.15, 0.2) is 66.9 Å². The molecule has 3 N–H and O–H groups in total. The first-order valence-corrected chi connectivity index (χ1v) is 11.8. The van der Waals surface area contributed by atoms with E-state index in [1.54, 1.807) is 18.3 Å². The van der Waals surface area contributed by atoms with E-state index < -0.39 is 0 Å². The maximum Gasteiger partial charge on any atom is 0.255 e. The summed E-state index contributed by atoms with van der Waals surface area (Å²) < 4.78 is 0. The standard InChI is InChI=1S/C28H31N5O2/c1-5-21(6-2)31-28-29-17-20-15-24(26(34)16-25(20)32-28)18-9-7-11-22(13-18)30-27(35)19-10-8-12-23(14-19)33(3)4/h7-17,21,34H,5-6H2,1-4H3,(H,30,35)(H,29,31,32). The lowest BCUT2D eigenvalue weighted by molar-refractivity contribution is 0.102. The Morgan fingerprint density at radius 3 is 2.54 bits per heavy atom. The second kappa shape index (κ2) is 10.4. The minimum atomic E-state index is -0.195. The molecule has 7 heteroatoms. The average Bonchev–Trinajstić information content (AvgIpc) is 2.87. The summed E-state index contributed by atoms with van der Waals surface area (Å²) in [6.45, 7) is 4.25. The van der Waals surface area contributed by atoms with E-state index in [2.05, 4.69) is 34.4 Å². The van der Waals surface area contributed by atoms with E-state index >= 15 is 0 Å². The summed E-state index contributed by atoms with van der Waals surface area (Å²) in [6.07, 6.45) is 3.73. The van der Waals surface area contributed by atoms with Crippen LogP contribution in [0.1, 0.15) is 37.0 Å². The van der Waals surface area contributed by atoms with Gasteiger partial charge >= 0.3 is 0 Å². The highest BCUT2D eigenvalue weighted by Crippen LogP contribution is 2.34. The molecule has 0 bridgehead atoms. The van der Waals surface area contributed by atoms with Crippen molar-refractivity contribution in [2.45, 2.75) is 32.7 Å². The molecule has 35 heavy (non-hydrogen) atoms. The number of phenols is 1. The highest BCUT2D eigenvalue weighted by molar-refractivity contribution is 6.05. The quantitative estimate of drug-likeness (QED) is 0.297. The number of phenolic OH excluding ortho intramolecular Hbond substituents is 1. The third-order valence-corrected chi connectivity index (χ3v) is 6.07. The Bertz CT molecular complexity index is 1350. The van der Waals surface area contributed by atoms with Gasteiger partial charge in [-0.05, 0) is 54.8 Å². The lowest BCUT2D eigenvalue weighted by Crippen LogP contribution is -2.18. The Labute approximate surface area is 205 Å². The van der Waals surface area contributed by atoms with Gasteiger partial charge in [0.25, 0.3) is 5.91 Å². The molecule has 7 nitrogen and oxygen atoms in total. The van der Waals surface area contributed by atoms with Crippen molar-refractivity contribution in [3.63, 3.8) is 0 Å². The van der Waals surface area contributed by atoms with Gasteiger partial charge in [-0.1, -0.05) is 32.0 Å². The number of aromatic nitrogens is 2. The lowest BCUT2D eigenvalue weighted by atomic mass is 10.0. The molecule has 3 aromatic carbocycles. The van der Waals surface area contributed by atoms with Crippen molar-refractivity contribution < 1.29 is 9.90 Å². The van der Waals surface area contributed by atoms with E-state index in [1.165, 1.54) is 0 Å². The molecular formula is C28H31N5O2. The number of rotatable bonds is 8. The number of hydrogen-bond acceptors (Lipinski definition) is 6. The maximum absolute atomic E-state index is 12.8. The summed E-state index contributed by atoms with van der Waals surface area (Å²) in [7, 11) is 3.87. The third-order valence-electron chi connectivity index (χ3n) is 6.07. The van der Waals surface area contributed by atoms with Crippen LogP contribution in [0.2, 0.25) is 0 Å². The smallest absolute Gasteiger partial charge is 0.255 e. The maximum atomic E-state index is 12.8. The van der Waals surface area contributed by atoms with Crippen molar-refractivity contribution in [2.75, 3.05) is 29.6 Å². The second-order valence-corrected chi connectivity index (χ2v) is 8.76. The number of fused-ring (bicyclic) bond motifs is 1. The van der Waals surface area contributed by atoms with E-state index in [-0.39, 0.29) is 11.7 Å². The van der Waals surface area contributed by atoms with E-state index in [0.29, 0.717) is 34.3 Å². The number of nitrogens with zero attached hydrogens (tertiary/aromatic N) is 3. The summed E-state index contributed by atoms with van der Waals surface area (Å²) in [5, 5.41) is 17.9. The first-order chi connectivity index (χ1) is 16.9. The molecule has 1 heterocycles. The zero-order chi connectivity index (χ0) is 24.9. The fraction of sp³-hybridized carbons (Fsp3) is 0.250. The van der Waals surface area contributed by atoms with Crippen LogP contribution in [-0.2, 0) is 0 Å². The number of amides is 1. The topological polar surface area (TPSA) is 90.4 Å². The van der Waals surface area contributed by atoms with Gasteiger partial charge in [0.2, 0.25) is 5.95 Å². The second-order valence-electron chi connectivity index (χ2n) is 8.76. The van der Waals surface area contributed by atoms with Crippen LogP contribution in [0, 0.1) is 0 Å². The molecule has 4 rings (SSSR count). The molecule has 0 aliphatic rings. The highest BCUT2D eigenvalue weighted by atomic mass is 16.3. The van der Waals surface area contributed by atoms with Crippen molar-refractivity contribution in [2.24, 2.45) is 0 Å². The fourth-order valence-corrected chi connectivity index (χ4v) is 3.94. The van der Waals surface area contributed by atoms with E-state index in [4.69, 9.17) is 0 Å². The van der Waals surface area contributed by atoms with Crippen molar-refractivity contribution in [3.05, 3.63) is 72.4 Å². The molecule has 0 saturated carbocycles. The van der Waals surface area contributed by atoms with Crippen molar-refractivity contribution in [1.29, 1.82) is 0 Å². The molecule has 4 aromatic rings. The monoisotopic (exact) mass is 469 g/mol. The molecule has 180 valence electrons. The molecule has 0 aliphatic heterocycles. The SMILES string of the molecule is CCC(CC)Nc1ncc2cc(-c3cccc(NC(=O)c4cccc(N(C)C)c4)c3)c(O)cc2n1. The number of carbonyl (C=O) groups is 1. The lowest BCUT2D eigenvalue weighted by Gasteiger charge is -2.15. The Balaban J connectivity index is 1.59. The molecule has 0 unspecified atom stereocenters. The number of nitrogens with one attached hydrogen (secondary N) is 2. The van der Waals surface area contributed by atoms with Crippen LogP contribution in [0.25, 0.3) is 22.0 Å². The molecule has 0 saturated heterocycles. The number of anilines is 3. The van der Waals surface area contributed by atoms with Crippen molar-refractivity contribution in [3.8, 4) is 16.9 Å². The highest BCUT2D eigenvalue weighted by Gasteiger charge is 2.12. The van der Waals surface area contributed by atoms with Crippen LogP contribution in [-0.4, -0.2) is 41.1 Å². The van der Waals surface area contributed by atoms with Gasteiger partial charge in [-0.2, -0.15) is 0 Å². The van der Waals surface area contributed by atoms with E-state index in [0.717, 1.165) is 29.5 Å². The van der Waals surface area contributed by atoms with E-state index in [9.17, 15) is 9.90 Å². The number of benzene rings is 3. The van der Waals surface area contributed by atoms with Gasteiger partial charge in [0, 0.05) is 60.3 Å². The predicted molar refractivity (Wildman–Crippen MR) is 143 cm³/mol. The Hall–Kier alpha value is -4.13. The summed E-state index contributed by atoms with van der Waals surface area (Å²) in [5.41, 5.74) is 4.26. The largest absolute Gasteiger partial charge is 0.507 e. The van der Waals surface area contributed by atoms with Crippen molar-refractivity contribution >= 4 is 34.1 Å². The minimum absolute atomic E-state index is 0.117. The van der Waals surface area contributed by atoms with Crippen LogP contribution < -0.4 is 15.5 Å². The van der Waals surface area contributed by atoms with Gasteiger partial charge in [-0.3, -0.25) is 4.79 Å². The number of carbonyl (C=O) groups excluding carboxylic acids is 1. The first-order valence-electron chi connectivity index (χ1n) is 11.8. The Kier molecular flexibility index (Phi) is 7.15. The van der Waals surface area contributed by atoms with Gasteiger partial charge in [0.15, 0.2) is 0 Å². The Morgan fingerprint density at radius 1 is 1.03 bits per heavy atom. The minimum Gasteiger partial charge on any atom is -0.507 e.